The smallest absolute Gasteiger partial charge is 0.237 e. The van der Waals surface area contributed by atoms with Crippen molar-refractivity contribution in [2.75, 3.05) is 0 Å². The molecule has 0 aromatic carbocycles. The van der Waals surface area contributed by atoms with Crippen molar-refractivity contribution in [1.82, 2.24) is 4.57 Å². The summed E-state index contributed by atoms with van der Waals surface area (Å²) in [5.41, 5.74) is 5.39. The van der Waals surface area contributed by atoms with E-state index >= 15 is 0 Å². The van der Waals surface area contributed by atoms with E-state index in [4.69, 9.17) is 5.73 Å². The standard InChI is InChI=1S/C7H8N2O2/c8-7(11)4-9-3-1-2-6(9)5-10/h1-3,5H,4H2,(H2,8,11). The minimum absolute atomic E-state index is 0.0566. The Morgan fingerprint density at radius 2 is 2.45 bits per heavy atom. The second-order valence-electron chi connectivity index (χ2n) is 2.15. The van der Waals surface area contributed by atoms with Gasteiger partial charge >= 0.3 is 0 Å². The summed E-state index contributed by atoms with van der Waals surface area (Å²) in [6.07, 6.45) is 2.32. The van der Waals surface area contributed by atoms with Gasteiger partial charge in [0, 0.05) is 6.20 Å². The van der Waals surface area contributed by atoms with E-state index in [2.05, 4.69) is 0 Å². The van der Waals surface area contributed by atoms with E-state index in [0.29, 0.717) is 12.0 Å². The number of hydrogen-bond donors (Lipinski definition) is 1. The van der Waals surface area contributed by atoms with Crippen LogP contribution in [0.3, 0.4) is 0 Å². The fourth-order valence-corrected chi connectivity index (χ4v) is 0.846. The van der Waals surface area contributed by atoms with Gasteiger partial charge in [0.15, 0.2) is 6.29 Å². The summed E-state index contributed by atoms with van der Waals surface area (Å²) >= 11 is 0. The first-order valence-electron chi connectivity index (χ1n) is 3.12. The number of nitrogens with two attached hydrogens (primary N) is 1. The molecule has 0 saturated carbocycles. The zero-order valence-electron chi connectivity index (χ0n) is 5.86. The van der Waals surface area contributed by atoms with Crippen molar-refractivity contribution in [3.63, 3.8) is 0 Å². The van der Waals surface area contributed by atoms with Crippen LogP contribution in [-0.4, -0.2) is 16.8 Å². The highest BCUT2D eigenvalue weighted by Crippen LogP contribution is 1.97. The first kappa shape index (κ1) is 7.53. The summed E-state index contributed by atoms with van der Waals surface area (Å²) < 4.78 is 1.50. The first-order chi connectivity index (χ1) is 5.24. The summed E-state index contributed by atoms with van der Waals surface area (Å²) in [4.78, 5) is 20.7. The van der Waals surface area contributed by atoms with Gasteiger partial charge in [-0.15, -0.1) is 0 Å². The van der Waals surface area contributed by atoms with E-state index < -0.39 is 5.91 Å². The maximum atomic E-state index is 10.4. The molecule has 4 heteroatoms. The molecular formula is C7H8N2O2. The fraction of sp³-hybridized carbons (Fsp3) is 0.143. The van der Waals surface area contributed by atoms with Crippen molar-refractivity contribution in [1.29, 1.82) is 0 Å². The van der Waals surface area contributed by atoms with Crippen LogP contribution in [0, 0.1) is 0 Å². The van der Waals surface area contributed by atoms with Gasteiger partial charge in [-0.3, -0.25) is 9.59 Å². The molecule has 0 fully saturated rings. The lowest BCUT2D eigenvalue weighted by Gasteiger charge is -1.99. The van der Waals surface area contributed by atoms with Gasteiger partial charge in [-0.1, -0.05) is 0 Å². The van der Waals surface area contributed by atoms with E-state index in [-0.39, 0.29) is 6.54 Å². The maximum absolute atomic E-state index is 10.4. The zero-order valence-corrected chi connectivity index (χ0v) is 5.86. The molecule has 0 radical (unpaired) electrons. The third-order valence-electron chi connectivity index (χ3n) is 1.31. The van der Waals surface area contributed by atoms with Gasteiger partial charge in [-0.05, 0) is 12.1 Å². The highest BCUT2D eigenvalue weighted by atomic mass is 16.1. The third kappa shape index (κ3) is 1.67. The Morgan fingerprint density at radius 1 is 1.73 bits per heavy atom. The number of carbonyl (C=O) groups excluding carboxylic acids is 2. The van der Waals surface area contributed by atoms with E-state index in [1.54, 1.807) is 18.3 Å². The second-order valence-corrected chi connectivity index (χ2v) is 2.15. The van der Waals surface area contributed by atoms with Crippen LogP contribution in [0.2, 0.25) is 0 Å². The minimum atomic E-state index is -0.454. The van der Waals surface area contributed by atoms with Crippen molar-refractivity contribution in [2.45, 2.75) is 6.54 Å². The summed E-state index contributed by atoms with van der Waals surface area (Å²) in [7, 11) is 0. The molecule has 1 aromatic rings. The molecule has 1 amide bonds. The lowest BCUT2D eigenvalue weighted by molar-refractivity contribution is -0.118. The third-order valence-corrected chi connectivity index (χ3v) is 1.31. The molecule has 1 heterocycles. The summed E-state index contributed by atoms with van der Waals surface area (Å²) in [5, 5.41) is 0. The number of nitrogens with zero attached hydrogens (tertiary/aromatic N) is 1. The molecule has 0 aliphatic carbocycles. The monoisotopic (exact) mass is 152 g/mol. The van der Waals surface area contributed by atoms with E-state index in [9.17, 15) is 9.59 Å². The molecule has 0 atom stereocenters. The van der Waals surface area contributed by atoms with Gasteiger partial charge in [-0.2, -0.15) is 0 Å². The molecule has 1 rings (SSSR count). The fourth-order valence-electron chi connectivity index (χ4n) is 0.846. The van der Waals surface area contributed by atoms with Crippen LogP contribution in [0.4, 0.5) is 0 Å². The molecular weight excluding hydrogens is 144 g/mol. The number of aromatic nitrogens is 1. The summed E-state index contributed by atoms with van der Waals surface area (Å²) in [5.74, 6) is -0.454. The van der Waals surface area contributed by atoms with Crippen molar-refractivity contribution in [3.05, 3.63) is 24.0 Å². The van der Waals surface area contributed by atoms with Crippen molar-refractivity contribution < 1.29 is 9.59 Å². The van der Waals surface area contributed by atoms with Crippen molar-refractivity contribution in [3.8, 4) is 0 Å². The van der Waals surface area contributed by atoms with E-state index in [0.717, 1.165) is 0 Å². The van der Waals surface area contributed by atoms with Gasteiger partial charge < -0.3 is 10.3 Å². The minimum Gasteiger partial charge on any atom is -0.368 e. The topological polar surface area (TPSA) is 65.1 Å². The largest absolute Gasteiger partial charge is 0.368 e. The van der Waals surface area contributed by atoms with Gasteiger partial charge in [0.2, 0.25) is 5.91 Å². The Balaban J connectivity index is 2.84. The highest BCUT2D eigenvalue weighted by Gasteiger charge is 2.00. The van der Waals surface area contributed by atoms with Crippen LogP contribution in [-0.2, 0) is 11.3 Å². The molecule has 0 bridgehead atoms. The Hall–Kier alpha value is -1.58. The summed E-state index contributed by atoms with van der Waals surface area (Å²) in [6, 6.07) is 3.31. The van der Waals surface area contributed by atoms with Gasteiger partial charge in [0.1, 0.15) is 6.54 Å². The number of amides is 1. The van der Waals surface area contributed by atoms with Crippen LogP contribution < -0.4 is 5.73 Å². The van der Waals surface area contributed by atoms with E-state index in [1.807, 2.05) is 0 Å². The molecule has 0 spiro atoms. The average molecular weight is 152 g/mol. The molecule has 11 heavy (non-hydrogen) atoms. The zero-order chi connectivity index (χ0) is 8.27. The number of hydrogen-bond acceptors (Lipinski definition) is 2. The van der Waals surface area contributed by atoms with Gasteiger partial charge in [-0.25, -0.2) is 0 Å². The van der Waals surface area contributed by atoms with Crippen molar-refractivity contribution in [2.24, 2.45) is 5.73 Å². The predicted octanol–water partition coefficient (Wildman–Crippen LogP) is -0.214. The van der Waals surface area contributed by atoms with Crippen LogP contribution in [0.5, 0.6) is 0 Å². The Labute approximate surface area is 63.6 Å². The maximum Gasteiger partial charge on any atom is 0.237 e. The lowest BCUT2D eigenvalue weighted by atomic mass is 10.4. The van der Waals surface area contributed by atoms with Crippen LogP contribution in [0.25, 0.3) is 0 Å². The molecule has 58 valence electrons. The molecule has 0 aliphatic heterocycles. The quantitative estimate of drug-likeness (QED) is 0.609. The van der Waals surface area contributed by atoms with E-state index in [1.165, 1.54) is 4.57 Å². The molecule has 4 nitrogen and oxygen atoms in total. The number of aldehydes is 1. The molecule has 0 saturated heterocycles. The SMILES string of the molecule is NC(=O)Cn1cccc1C=O. The Kier molecular flexibility index (Phi) is 2.06. The molecule has 2 N–H and O–H groups in total. The number of primary amides is 1. The summed E-state index contributed by atoms with van der Waals surface area (Å²) in [6.45, 7) is 0.0566. The molecule has 0 aliphatic rings. The number of rotatable bonds is 3. The molecule has 1 aromatic heterocycles. The first-order valence-corrected chi connectivity index (χ1v) is 3.12. The van der Waals surface area contributed by atoms with Crippen LogP contribution in [0.1, 0.15) is 10.5 Å². The predicted molar refractivity (Wildman–Crippen MR) is 39.0 cm³/mol. The van der Waals surface area contributed by atoms with Crippen LogP contribution in [0.15, 0.2) is 18.3 Å². The average Bonchev–Trinajstić information content (AvgIpc) is 2.34. The van der Waals surface area contributed by atoms with Crippen LogP contribution >= 0.6 is 0 Å². The van der Waals surface area contributed by atoms with Gasteiger partial charge in [0.25, 0.3) is 0 Å². The second kappa shape index (κ2) is 3.01. The molecule has 0 unspecified atom stereocenters. The van der Waals surface area contributed by atoms with Crippen molar-refractivity contribution >= 4 is 12.2 Å². The van der Waals surface area contributed by atoms with Gasteiger partial charge in [0.05, 0.1) is 5.69 Å². The lowest BCUT2D eigenvalue weighted by Crippen LogP contribution is -2.19. The highest BCUT2D eigenvalue weighted by molar-refractivity contribution is 5.77. The Morgan fingerprint density at radius 3 is 3.00 bits per heavy atom. The number of carbonyl (C=O) groups is 2. The Bertz CT molecular complexity index is 278. The normalized spacial score (nSPS) is 9.45.